The maximum absolute atomic E-state index is 15.0. The van der Waals surface area contributed by atoms with Crippen molar-refractivity contribution in [2.45, 2.75) is 85.0 Å². The number of amides is 4. The number of nitrogens with zero attached hydrogens (tertiary/aromatic N) is 2. The third-order valence-corrected chi connectivity index (χ3v) is 9.30. The lowest BCUT2D eigenvalue weighted by atomic mass is 9.84. The third kappa shape index (κ3) is 12.3. The molecule has 54 heavy (non-hydrogen) atoms. The van der Waals surface area contributed by atoms with Gasteiger partial charge < -0.3 is 36.0 Å². The zero-order valence-corrected chi connectivity index (χ0v) is 33.1. The van der Waals surface area contributed by atoms with Crippen molar-refractivity contribution in [3.63, 3.8) is 0 Å². The third-order valence-electron chi connectivity index (χ3n) is 9.30. The van der Waals surface area contributed by atoms with Crippen molar-refractivity contribution >= 4 is 29.6 Å². The molecule has 3 aromatic rings. The Morgan fingerprint density at radius 3 is 1.91 bits per heavy atom. The average molecular weight is 749 g/mol. The molecule has 1 aromatic heterocycles. The van der Waals surface area contributed by atoms with E-state index in [0.29, 0.717) is 0 Å². The average Bonchev–Trinajstić information content (AvgIpc) is 3.11. The first-order valence-corrected chi connectivity index (χ1v) is 18.1. The van der Waals surface area contributed by atoms with E-state index in [1.807, 2.05) is 76.2 Å². The molecule has 0 saturated carbocycles. The van der Waals surface area contributed by atoms with E-state index in [4.69, 9.17) is 4.74 Å². The predicted octanol–water partition coefficient (Wildman–Crippen LogP) is 4.64. The van der Waals surface area contributed by atoms with Gasteiger partial charge >= 0.3 is 6.09 Å². The molecule has 4 amide bonds. The number of anilines is 1. The van der Waals surface area contributed by atoms with Crippen LogP contribution >= 0.6 is 0 Å². The molecule has 5 atom stereocenters. The number of ether oxygens (including phenoxy) is 1. The number of hydrogen-bond donors (Lipinski definition) is 5. The van der Waals surface area contributed by atoms with Crippen LogP contribution in [0.4, 0.5) is 15.0 Å². The lowest BCUT2D eigenvalue weighted by molar-refractivity contribution is -0.134. The topological polar surface area (TPSA) is 162 Å². The summed E-state index contributed by atoms with van der Waals surface area (Å²) in [5, 5.41) is 22.9. The molecule has 0 aliphatic carbocycles. The fraction of sp³-hybridized carbons (Fsp3) is 0.488. The Morgan fingerprint density at radius 2 is 1.39 bits per heavy atom. The molecule has 5 N–H and O–H groups in total. The number of likely N-dealkylation sites (N-methyl/N-ethyl adjacent to an activating group) is 1. The van der Waals surface area contributed by atoms with Gasteiger partial charge in [0.2, 0.25) is 17.7 Å². The smallest absolute Gasteiger partial charge is 0.407 e. The maximum atomic E-state index is 15.0. The summed E-state index contributed by atoms with van der Waals surface area (Å²) in [4.78, 5) is 59.4. The highest BCUT2D eigenvalue weighted by Gasteiger charge is 2.38. The van der Waals surface area contributed by atoms with Gasteiger partial charge in [-0.05, 0) is 65.0 Å². The van der Waals surface area contributed by atoms with Crippen LogP contribution in [0.25, 0.3) is 11.1 Å². The van der Waals surface area contributed by atoms with Gasteiger partial charge in [-0.2, -0.15) is 0 Å². The van der Waals surface area contributed by atoms with Gasteiger partial charge in [0.05, 0.1) is 19.3 Å². The number of carbonyl (C=O) groups excluding carboxylic acids is 4. The van der Waals surface area contributed by atoms with Gasteiger partial charge in [0.1, 0.15) is 23.7 Å². The number of aliphatic hydroxyl groups is 1. The number of nitrogens with one attached hydrogen (secondary N) is 4. The van der Waals surface area contributed by atoms with E-state index >= 15 is 0 Å². The maximum Gasteiger partial charge on any atom is 0.407 e. The Labute approximate surface area is 318 Å². The first-order valence-electron chi connectivity index (χ1n) is 18.1. The van der Waals surface area contributed by atoms with Crippen LogP contribution in [0.1, 0.15) is 59.1 Å². The number of carbonyl (C=O) groups is 4. The molecule has 1 heterocycles. The Bertz CT molecular complexity index is 1720. The van der Waals surface area contributed by atoms with Crippen molar-refractivity contribution in [1.29, 1.82) is 0 Å². The van der Waals surface area contributed by atoms with E-state index in [1.54, 1.807) is 45.2 Å². The Balaban J connectivity index is 2.00. The number of aliphatic hydroxyl groups excluding tert-OH is 1. The second kappa shape index (κ2) is 18.8. The van der Waals surface area contributed by atoms with E-state index in [0.717, 1.165) is 22.5 Å². The lowest BCUT2D eigenvalue weighted by Gasteiger charge is -2.34. The van der Waals surface area contributed by atoms with Gasteiger partial charge in [-0.25, -0.2) is 14.2 Å². The molecule has 5 unspecified atom stereocenters. The van der Waals surface area contributed by atoms with E-state index in [-0.39, 0.29) is 24.8 Å². The van der Waals surface area contributed by atoms with Gasteiger partial charge in [0, 0.05) is 38.8 Å². The minimum atomic E-state index is -1.33. The molecular formula is C41H57FN6O6. The highest BCUT2D eigenvalue weighted by atomic mass is 19.1. The van der Waals surface area contributed by atoms with Crippen molar-refractivity contribution in [3.8, 4) is 11.1 Å². The van der Waals surface area contributed by atoms with E-state index in [1.165, 1.54) is 20.2 Å². The zero-order chi connectivity index (χ0) is 40.4. The number of rotatable bonds is 15. The second-order valence-electron chi connectivity index (χ2n) is 16.0. The summed E-state index contributed by atoms with van der Waals surface area (Å²) in [5.41, 5.74) is 1.44. The molecule has 294 valence electrons. The van der Waals surface area contributed by atoms with E-state index in [9.17, 15) is 28.7 Å². The van der Waals surface area contributed by atoms with Gasteiger partial charge in [-0.15, -0.1) is 0 Å². The van der Waals surface area contributed by atoms with Crippen LogP contribution in [0.15, 0.2) is 66.9 Å². The van der Waals surface area contributed by atoms with Gasteiger partial charge in [0.15, 0.2) is 0 Å². The SMILES string of the molecule is CNC(=O)C(NC(=O)C(Cc1ccccc1F)CC(O)C(Cc1ccc(-c2ccc(N(C)C)nc2)cc1)NC(=O)C(NC(=O)OC)C(C)(C)C)C(C)(C)C. The molecule has 2 aromatic carbocycles. The highest BCUT2D eigenvalue weighted by Crippen LogP contribution is 2.26. The molecule has 0 bridgehead atoms. The summed E-state index contributed by atoms with van der Waals surface area (Å²) in [5.74, 6) is -2.21. The highest BCUT2D eigenvalue weighted by molar-refractivity contribution is 5.89. The fourth-order valence-corrected chi connectivity index (χ4v) is 6.06. The predicted molar refractivity (Wildman–Crippen MR) is 208 cm³/mol. The van der Waals surface area contributed by atoms with Crippen LogP contribution < -0.4 is 26.2 Å². The number of benzene rings is 2. The normalized spacial score (nSPS) is 14.4. The van der Waals surface area contributed by atoms with E-state index < -0.39 is 70.6 Å². The first-order chi connectivity index (χ1) is 25.2. The Hall–Kier alpha value is -5.04. The minimum Gasteiger partial charge on any atom is -0.453 e. The minimum absolute atomic E-state index is 0.0787. The van der Waals surface area contributed by atoms with Gasteiger partial charge in [-0.1, -0.05) is 84.0 Å². The van der Waals surface area contributed by atoms with Crippen LogP contribution in [0.2, 0.25) is 0 Å². The van der Waals surface area contributed by atoms with Crippen LogP contribution in [0, 0.1) is 22.6 Å². The van der Waals surface area contributed by atoms with Gasteiger partial charge in [0.25, 0.3) is 0 Å². The molecule has 0 aliphatic heterocycles. The largest absolute Gasteiger partial charge is 0.453 e. The Kier molecular flexibility index (Phi) is 15.1. The van der Waals surface area contributed by atoms with Crippen molar-refractivity contribution < 1.29 is 33.4 Å². The van der Waals surface area contributed by atoms with E-state index in [2.05, 4.69) is 26.3 Å². The van der Waals surface area contributed by atoms with Gasteiger partial charge in [-0.3, -0.25) is 14.4 Å². The molecule has 0 aliphatic rings. The molecule has 0 radical (unpaired) electrons. The quantitative estimate of drug-likeness (QED) is 0.150. The fourth-order valence-electron chi connectivity index (χ4n) is 6.06. The lowest BCUT2D eigenvalue weighted by Crippen LogP contribution is -2.58. The number of hydrogen-bond acceptors (Lipinski definition) is 8. The summed E-state index contributed by atoms with van der Waals surface area (Å²) in [6.07, 6.45) is -0.459. The summed E-state index contributed by atoms with van der Waals surface area (Å²) in [6.45, 7) is 10.8. The van der Waals surface area contributed by atoms with Crippen LogP contribution in [-0.4, -0.2) is 86.4 Å². The summed E-state index contributed by atoms with van der Waals surface area (Å²) < 4.78 is 19.8. The second-order valence-corrected chi connectivity index (χ2v) is 16.0. The summed E-state index contributed by atoms with van der Waals surface area (Å²) >= 11 is 0. The molecule has 0 fully saturated rings. The standard InChI is InChI=1S/C41H57FN6O6/c1-40(2,3)34(37(51)43-7)46-36(50)29(22-27-13-11-12-14-30(27)42)23-32(49)31(45-38(52)35(41(4,5)6)47-39(53)54-10)21-25-15-17-26(18-16-25)28-19-20-33(44-24-28)48(8)9/h11-20,24,29,31-32,34-35,49H,21-23H2,1-10H3,(H,43,51)(H,45,52)(H,46,50)(H,47,53). The van der Waals surface area contributed by atoms with Crippen molar-refractivity contribution in [1.82, 2.24) is 26.3 Å². The summed E-state index contributed by atoms with van der Waals surface area (Å²) in [6, 6.07) is 14.7. The zero-order valence-electron chi connectivity index (χ0n) is 33.1. The molecule has 12 nitrogen and oxygen atoms in total. The number of methoxy groups -OCH3 is 1. The first kappa shape index (κ1) is 43.4. The number of pyridine rings is 1. The van der Waals surface area contributed by atoms with Crippen LogP contribution in [0.3, 0.4) is 0 Å². The monoisotopic (exact) mass is 748 g/mol. The molecule has 13 heteroatoms. The Morgan fingerprint density at radius 1 is 0.796 bits per heavy atom. The number of aromatic nitrogens is 1. The number of halogens is 1. The van der Waals surface area contributed by atoms with Crippen molar-refractivity contribution in [3.05, 3.63) is 83.8 Å². The van der Waals surface area contributed by atoms with Crippen molar-refractivity contribution in [2.24, 2.45) is 16.7 Å². The molecular weight excluding hydrogens is 691 g/mol. The molecule has 0 saturated heterocycles. The van der Waals surface area contributed by atoms with Crippen molar-refractivity contribution in [2.75, 3.05) is 33.2 Å². The summed E-state index contributed by atoms with van der Waals surface area (Å²) in [7, 11) is 6.51. The van der Waals surface area contributed by atoms with Crippen LogP contribution in [0.5, 0.6) is 0 Å². The molecule has 3 rings (SSSR count). The number of alkyl carbamates (subject to hydrolysis) is 1. The van der Waals surface area contributed by atoms with Crippen LogP contribution in [-0.2, 0) is 32.0 Å². The molecule has 0 spiro atoms.